The lowest BCUT2D eigenvalue weighted by molar-refractivity contribution is -0.149. The van der Waals surface area contributed by atoms with E-state index in [2.05, 4.69) is 15.9 Å². The Morgan fingerprint density at radius 2 is 2.19 bits per heavy atom. The van der Waals surface area contributed by atoms with E-state index in [4.69, 9.17) is 5.73 Å². The lowest BCUT2D eigenvalue weighted by Gasteiger charge is -2.41. The number of anilines is 1. The lowest BCUT2D eigenvalue weighted by atomic mass is 9.77. The molecule has 21 heavy (non-hydrogen) atoms. The fourth-order valence-electron chi connectivity index (χ4n) is 2.97. The van der Waals surface area contributed by atoms with Crippen LogP contribution in [0, 0.1) is 5.41 Å². The highest BCUT2D eigenvalue weighted by molar-refractivity contribution is 9.10. The summed E-state index contributed by atoms with van der Waals surface area (Å²) in [5.74, 6) is -1.29. The molecule has 114 valence electrons. The summed E-state index contributed by atoms with van der Waals surface area (Å²) in [6.07, 6.45) is 2.01. The van der Waals surface area contributed by atoms with Crippen molar-refractivity contribution in [2.75, 3.05) is 18.0 Å². The van der Waals surface area contributed by atoms with Gasteiger partial charge < -0.3 is 15.7 Å². The second-order valence-corrected chi connectivity index (χ2v) is 6.32. The number of amides is 1. The normalized spacial score (nSPS) is 22.1. The van der Waals surface area contributed by atoms with Crippen molar-refractivity contribution in [3.05, 3.63) is 28.2 Å². The van der Waals surface area contributed by atoms with E-state index in [0.29, 0.717) is 35.1 Å². The standard InChI is InChI=1S/C15H19BrN2O3/c1-2-15(14(20)21)7-4-8-18(9-15)11-6-3-5-10(16)12(11)13(17)19/h3,5-6H,2,4,7-9H2,1H3,(H2,17,19)(H,20,21). The third-order valence-electron chi connectivity index (χ3n) is 4.29. The number of carboxylic acid groups (broad SMARTS) is 1. The molecule has 0 saturated carbocycles. The first-order chi connectivity index (χ1) is 9.91. The highest BCUT2D eigenvalue weighted by atomic mass is 79.9. The van der Waals surface area contributed by atoms with Crippen molar-refractivity contribution in [3.8, 4) is 0 Å². The van der Waals surface area contributed by atoms with E-state index in [1.54, 1.807) is 6.07 Å². The van der Waals surface area contributed by atoms with E-state index in [1.165, 1.54) is 0 Å². The Morgan fingerprint density at radius 1 is 1.48 bits per heavy atom. The molecule has 1 aromatic carbocycles. The highest BCUT2D eigenvalue weighted by Crippen LogP contribution is 2.38. The number of hydrogen-bond acceptors (Lipinski definition) is 3. The molecule has 6 heteroatoms. The van der Waals surface area contributed by atoms with Gasteiger partial charge in [0.1, 0.15) is 0 Å². The van der Waals surface area contributed by atoms with Crippen LogP contribution in [0.1, 0.15) is 36.5 Å². The average Bonchev–Trinajstić information content (AvgIpc) is 2.46. The molecule has 0 spiro atoms. The summed E-state index contributed by atoms with van der Waals surface area (Å²) in [7, 11) is 0. The van der Waals surface area contributed by atoms with Gasteiger partial charge in [-0.1, -0.05) is 13.0 Å². The smallest absolute Gasteiger partial charge is 0.311 e. The molecular formula is C15H19BrN2O3. The zero-order chi connectivity index (χ0) is 15.6. The topological polar surface area (TPSA) is 83.6 Å². The number of benzene rings is 1. The van der Waals surface area contributed by atoms with E-state index < -0.39 is 17.3 Å². The number of nitrogens with two attached hydrogens (primary N) is 1. The Hall–Kier alpha value is -1.56. The van der Waals surface area contributed by atoms with Gasteiger partial charge in [0, 0.05) is 17.6 Å². The van der Waals surface area contributed by atoms with Gasteiger partial charge in [-0.2, -0.15) is 0 Å². The molecule has 0 aromatic heterocycles. The van der Waals surface area contributed by atoms with Crippen LogP contribution in [-0.4, -0.2) is 30.1 Å². The molecule has 0 aliphatic carbocycles. The molecule has 1 amide bonds. The molecule has 1 aromatic rings. The molecule has 2 rings (SSSR count). The molecule has 0 bridgehead atoms. The first kappa shape index (κ1) is 15.8. The van der Waals surface area contributed by atoms with Crippen LogP contribution in [0.4, 0.5) is 5.69 Å². The van der Waals surface area contributed by atoms with E-state index in [1.807, 2.05) is 24.0 Å². The van der Waals surface area contributed by atoms with Gasteiger partial charge in [-0.25, -0.2) is 0 Å². The van der Waals surface area contributed by atoms with E-state index >= 15 is 0 Å². The van der Waals surface area contributed by atoms with Crippen molar-refractivity contribution in [2.24, 2.45) is 11.1 Å². The predicted molar refractivity (Wildman–Crippen MR) is 84.5 cm³/mol. The molecule has 5 nitrogen and oxygen atoms in total. The minimum atomic E-state index is -0.773. The van der Waals surface area contributed by atoms with E-state index in [-0.39, 0.29) is 0 Å². The maximum atomic E-state index is 11.7. The van der Waals surface area contributed by atoms with Crippen LogP contribution in [0.15, 0.2) is 22.7 Å². The SMILES string of the molecule is CCC1(C(=O)O)CCCN(c2cccc(Br)c2C(N)=O)C1. The van der Waals surface area contributed by atoms with Gasteiger partial charge >= 0.3 is 5.97 Å². The number of carbonyl (C=O) groups excluding carboxylic acids is 1. The Morgan fingerprint density at radius 3 is 2.76 bits per heavy atom. The predicted octanol–water partition coefficient (Wildman–Crippen LogP) is 2.63. The molecule has 1 heterocycles. The number of carbonyl (C=O) groups is 2. The number of nitrogens with zero attached hydrogens (tertiary/aromatic N) is 1. The monoisotopic (exact) mass is 354 g/mol. The van der Waals surface area contributed by atoms with Crippen molar-refractivity contribution in [1.82, 2.24) is 0 Å². The van der Waals surface area contributed by atoms with Crippen LogP contribution in [0.2, 0.25) is 0 Å². The quantitative estimate of drug-likeness (QED) is 0.870. The lowest BCUT2D eigenvalue weighted by Crippen LogP contribution is -2.48. The van der Waals surface area contributed by atoms with Crippen molar-refractivity contribution < 1.29 is 14.7 Å². The molecule has 1 aliphatic heterocycles. The van der Waals surface area contributed by atoms with Gasteiger partial charge in [-0.15, -0.1) is 0 Å². The molecule has 1 aliphatic rings. The highest BCUT2D eigenvalue weighted by Gasteiger charge is 2.41. The third kappa shape index (κ3) is 2.90. The first-order valence-corrected chi connectivity index (χ1v) is 7.77. The molecule has 1 atom stereocenters. The van der Waals surface area contributed by atoms with Crippen LogP contribution in [0.5, 0.6) is 0 Å². The number of hydrogen-bond donors (Lipinski definition) is 2. The third-order valence-corrected chi connectivity index (χ3v) is 4.95. The number of aliphatic carboxylic acids is 1. The Labute approximate surface area is 132 Å². The maximum absolute atomic E-state index is 11.7. The summed E-state index contributed by atoms with van der Waals surface area (Å²) in [5, 5.41) is 9.56. The van der Waals surface area contributed by atoms with Crippen LogP contribution in [0.3, 0.4) is 0 Å². The zero-order valence-electron chi connectivity index (χ0n) is 11.9. The zero-order valence-corrected chi connectivity index (χ0v) is 13.5. The second-order valence-electron chi connectivity index (χ2n) is 5.46. The number of rotatable bonds is 4. The Bertz CT molecular complexity index is 576. The Kier molecular flexibility index (Phi) is 4.56. The van der Waals surface area contributed by atoms with Crippen LogP contribution < -0.4 is 10.6 Å². The van der Waals surface area contributed by atoms with Gasteiger partial charge in [0.15, 0.2) is 0 Å². The molecule has 3 N–H and O–H groups in total. The van der Waals surface area contributed by atoms with Crippen molar-refractivity contribution in [3.63, 3.8) is 0 Å². The second kappa shape index (κ2) is 6.05. The number of piperidine rings is 1. The van der Waals surface area contributed by atoms with E-state index in [9.17, 15) is 14.7 Å². The maximum Gasteiger partial charge on any atom is 0.311 e. The summed E-state index contributed by atoms with van der Waals surface area (Å²) < 4.78 is 0.635. The first-order valence-electron chi connectivity index (χ1n) is 6.98. The number of carboxylic acids is 1. The average molecular weight is 355 g/mol. The molecular weight excluding hydrogens is 336 g/mol. The Balaban J connectivity index is 2.41. The molecule has 1 unspecified atom stereocenters. The van der Waals surface area contributed by atoms with Crippen LogP contribution >= 0.6 is 15.9 Å². The van der Waals surface area contributed by atoms with Gasteiger partial charge in [0.25, 0.3) is 5.91 Å². The van der Waals surface area contributed by atoms with Gasteiger partial charge in [0.2, 0.25) is 0 Å². The molecule has 1 saturated heterocycles. The number of primary amides is 1. The fraction of sp³-hybridized carbons (Fsp3) is 0.467. The molecule has 1 fully saturated rings. The van der Waals surface area contributed by atoms with Crippen LogP contribution in [-0.2, 0) is 4.79 Å². The summed E-state index contributed by atoms with van der Waals surface area (Å²) in [6, 6.07) is 5.41. The minimum absolute atomic E-state index is 0.398. The summed E-state index contributed by atoms with van der Waals surface area (Å²) >= 11 is 3.35. The summed E-state index contributed by atoms with van der Waals surface area (Å²) in [5.41, 5.74) is 5.83. The van der Waals surface area contributed by atoms with Crippen molar-refractivity contribution in [1.29, 1.82) is 0 Å². The summed E-state index contributed by atoms with van der Waals surface area (Å²) in [4.78, 5) is 25.3. The van der Waals surface area contributed by atoms with E-state index in [0.717, 1.165) is 13.0 Å². The van der Waals surface area contributed by atoms with Gasteiger partial charge in [-0.3, -0.25) is 9.59 Å². The van der Waals surface area contributed by atoms with Crippen molar-refractivity contribution >= 4 is 33.5 Å². The fourth-order valence-corrected chi connectivity index (χ4v) is 3.52. The van der Waals surface area contributed by atoms with Crippen molar-refractivity contribution in [2.45, 2.75) is 26.2 Å². The van der Waals surface area contributed by atoms with Gasteiger partial charge in [0.05, 0.1) is 16.7 Å². The molecule has 0 radical (unpaired) electrons. The summed E-state index contributed by atoms with van der Waals surface area (Å²) in [6.45, 7) is 3.02. The minimum Gasteiger partial charge on any atom is -0.481 e. The van der Waals surface area contributed by atoms with Gasteiger partial charge in [-0.05, 0) is 47.3 Å². The van der Waals surface area contributed by atoms with Crippen LogP contribution in [0.25, 0.3) is 0 Å². The number of halogens is 1. The largest absolute Gasteiger partial charge is 0.481 e.